The topological polar surface area (TPSA) is 38.1 Å². The summed E-state index contributed by atoms with van der Waals surface area (Å²) < 4.78 is 5.30. The van der Waals surface area contributed by atoms with Gasteiger partial charge in [0.25, 0.3) is 5.22 Å². The Labute approximate surface area is 108 Å². The number of nitrogens with one attached hydrogen (secondary N) is 1. The molecule has 0 bridgehead atoms. The zero-order valence-electron chi connectivity index (χ0n) is 10.7. The molecule has 1 aliphatic carbocycles. The Kier molecular flexibility index (Phi) is 4.92. The minimum Gasteiger partial charge on any atom is -0.440 e. The van der Waals surface area contributed by atoms with E-state index < -0.39 is 0 Å². The molecule has 2 unspecified atom stereocenters. The number of aryl methyl sites for hydroxylation is 1. The lowest BCUT2D eigenvalue weighted by atomic mass is 9.86. The molecule has 4 heteroatoms. The molecule has 1 fully saturated rings. The average Bonchev–Trinajstić information content (AvgIpc) is 2.73. The molecule has 2 rings (SSSR count). The van der Waals surface area contributed by atoms with E-state index in [9.17, 15) is 0 Å². The molecule has 96 valence electrons. The lowest BCUT2D eigenvalue weighted by Gasteiger charge is -2.29. The Balaban J connectivity index is 1.62. The van der Waals surface area contributed by atoms with Gasteiger partial charge in [-0.05, 0) is 25.7 Å². The second kappa shape index (κ2) is 6.45. The van der Waals surface area contributed by atoms with Crippen molar-refractivity contribution in [3.63, 3.8) is 0 Å². The molecule has 1 aromatic rings. The first-order valence-corrected chi connectivity index (χ1v) is 7.52. The van der Waals surface area contributed by atoms with Crippen molar-refractivity contribution < 1.29 is 4.42 Å². The van der Waals surface area contributed by atoms with E-state index in [0.717, 1.165) is 35.2 Å². The maximum Gasteiger partial charge on any atom is 0.255 e. The number of thioether (sulfide) groups is 1. The summed E-state index contributed by atoms with van der Waals surface area (Å²) in [7, 11) is 0. The maximum absolute atomic E-state index is 5.30. The average molecular weight is 254 g/mol. The fourth-order valence-electron chi connectivity index (χ4n) is 2.40. The van der Waals surface area contributed by atoms with Crippen LogP contribution in [0.5, 0.6) is 0 Å². The minimum atomic E-state index is 0.718. The predicted molar refractivity (Wildman–Crippen MR) is 71.4 cm³/mol. The van der Waals surface area contributed by atoms with Crippen LogP contribution in [0.2, 0.25) is 0 Å². The normalized spacial score (nSPS) is 25.1. The Hall–Kier alpha value is -0.480. The van der Waals surface area contributed by atoms with Crippen molar-refractivity contribution in [1.82, 2.24) is 10.3 Å². The molecule has 0 radical (unpaired) electrons. The van der Waals surface area contributed by atoms with Gasteiger partial charge in [0.15, 0.2) is 0 Å². The van der Waals surface area contributed by atoms with Crippen LogP contribution in [0.15, 0.2) is 15.9 Å². The molecule has 1 saturated carbocycles. The van der Waals surface area contributed by atoms with Crippen LogP contribution in [0.4, 0.5) is 0 Å². The summed E-state index contributed by atoms with van der Waals surface area (Å²) in [6.45, 7) is 5.36. The highest BCUT2D eigenvalue weighted by Gasteiger charge is 2.20. The van der Waals surface area contributed by atoms with Crippen LogP contribution in [-0.4, -0.2) is 23.3 Å². The van der Waals surface area contributed by atoms with Gasteiger partial charge in [-0.15, -0.1) is 0 Å². The molecular formula is C13H22N2OS. The standard InChI is InChI=1S/C13H22N2OS/c1-10-5-3-4-6-12(10)14-7-8-17-13-15-11(2)9-16-13/h9-10,12,14H,3-8H2,1-2H3. The zero-order chi connectivity index (χ0) is 12.1. The molecule has 1 heterocycles. The van der Waals surface area contributed by atoms with E-state index in [2.05, 4.69) is 17.2 Å². The van der Waals surface area contributed by atoms with Gasteiger partial charge in [0, 0.05) is 18.3 Å². The Morgan fingerprint density at radius 1 is 1.47 bits per heavy atom. The van der Waals surface area contributed by atoms with Crippen molar-refractivity contribution in [2.75, 3.05) is 12.3 Å². The summed E-state index contributed by atoms with van der Waals surface area (Å²) in [6.07, 6.45) is 7.21. The van der Waals surface area contributed by atoms with Crippen LogP contribution in [-0.2, 0) is 0 Å². The number of aromatic nitrogens is 1. The maximum atomic E-state index is 5.30. The van der Waals surface area contributed by atoms with Crippen molar-refractivity contribution in [3.8, 4) is 0 Å². The largest absolute Gasteiger partial charge is 0.440 e. The fraction of sp³-hybridized carbons (Fsp3) is 0.769. The Bertz CT molecular complexity index is 340. The Morgan fingerprint density at radius 2 is 2.29 bits per heavy atom. The first kappa shape index (κ1) is 13.0. The molecule has 0 aliphatic heterocycles. The van der Waals surface area contributed by atoms with Crippen molar-refractivity contribution in [2.45, 2.75) is 50.8 Å². The fourth-order valence-corrected chi connectivity index (χ4v) is 3.12. The van der Waals surface area contributed by atoms with E-state index in [-0.39, 0.29) is 0 Å². The van der Waals surface area contributed by atoms with Crippen molar-refractivity contribution in [2.24, 2.45) is 5.92 Å². The highest BCUT2D eigenvalue weighted by Crippen LogP contribution is 2.23. The van der Waals surface area contributed by atoms with Gasteiger partial charge in [0.05, 0.1) is 5.69 Å². The lowest BCUT2D eigenvalue weighted by molar-refractivity contribution is 0.285. The summed E-state index contributed by atoms with van der Waals surface area (Å²) >= 11 is 1.69. The van der Waals surface area contributed by atoms with E-state index >= 15 is 0 Å². The van der Waals surface area contributed by atoms with Crippen molar-refractivity contribution in [3.05, 3.63) is 12.0 Å². The first-order chi connectivity index (χ1) is 8.25. The molecule has 1 aliphatic rings. The van der Waals surface area contributed by atoms with Gasteiger partial charge in [-0.2, -0.15) is 0 Å². The quantitative estimate of drug-likeness (QED) is 0.646. The van der Waals surface area contributed by atoms with E-state index in [4.69, 9.17) is 4.42 Å². The van der Waals surface area contributed by atoms with Gasteiger partial charge in [0.2, 0.25) is 0 Å². The molecule has 0 spiro atoms. The molecule has 0 aromatic carbocycles. The highest BCUT2D eigenvalue weighted by molar-refractivity contribution is 7.99. The number of oxazole rings is 1. The zero-order valence-corrected chi connectivity index (χ0v) is 11.6. The van der Waals surface area contributed by atoms with Crippen LogP contribution in [0.3, 0.4) is 0 Å². The van der Waals surface area contributed by atoms with E-state index in [0.29, 0.717) is 0 Å². The summed E-state index contributed by atoms with van der Waals surface area (Å²) in [5.41, 5.74) is 0.960. The Morgan fingerprint density at radius 3 is 3.00 bits per heavy atom. The van der Waals surface area contributed by atoms with Gasteiger partial charge in [-0.3, -0.25) is 0 Å². The number of rotatable bonds is 5. The number of hydrogen-bond donors (Lipinski definition) is 1. The van der Waals surface area contributed by atoms with Crippen molar-refractivity contribution in [1.29, 1.82) is 0 Å². The molecule has 2 atom stereocenters. The molecule has 0 amide bonds. The van der Waals surface area contributed by atoms with E-state index in [1.807, 2.05) is 6.92 Å². The van der Waals surface area contributed by atoms with Crippen molar-refractivity contribution >= 4 is 11.8 Å². The van der Waals surface area contributed by atoms with Crippen LogP contribution < -0.4 is 5.32 Å². The smallest absolute Gasteiger partial charge is 0.255 e. The molecule has 1 aromatic heterocycles. The van der Waals surface area contributed by atoms with Crippen LogP contribution in [0, 0.1) is 12.8 Å². The second-order valence-electron chi connectivity index (χ2n) is 4.93. The summed E-state index contributed by atoms with van der Waals surface area (Å²) in [5.74, 6) is 1.86. The van der Waals surface area contributed by atoms with Crippen LogP contribution in [0.1, 0.15) is 38.3 Å². The molecule has 0 saturated heterocycles. The molecule has 3 nitrogen and oxygen atoms in total. The third-order valence-electron chi connectivity index (χ3n) is 3.44. The van der Waals surface area contributed by atoms with Crippen LogP contribution >= 0.6 is 11.8 Å². The monoisotopic (exact) mass is 254 g/mol. The minimum absolute atomic E-state index is 0.718. The first-order valence-electron chi connectivity index (χ1n) is 6.54. The summed E-state index contributed by atoms with van der Waals surface area (Å²) in [6, 6.07) is 0.718. The lowest BCUT2D eigenvalue weighted by Crippen LogP contribution is -2.38. The highest BCUT2D eigenvalue weighted by atomic mass is 32.2. The van der Waals surface area contributed by atoms with E-state index in [1.165, 1.54) is 25.7 Å². The van der Waals surface area contributed by atoms with Gasteiger partial charge in [0.1, 0.15) is 6.26 Å². The van der Waals surface area contributed by atoms with Gasteiger partial charge in [-0.25, -0.2) is 4.98 Å². The van der Waals surface area contributed by atoms with Gasteiger partial charge >= 0.3 is 0 Å². The van der Waals surface area contributed by atoms with Crippen LogP contribution in [0.25, 0.3) is 0 Å². The number of nitrogens with zero attached hydrogens (tertiary/aromatic N) is 1. The predicted octanol–water partition coefficient (Wildman–Crippen LogP) is 3.24. The SMILES string of the molecule is Cc1coc(SCCNC2CCCCC2C)n1. The van der Waals surface area contributed by atoms with Gasteiger partial charge in [-0.1, -0.05) is 31.5 Å². The van der Waals surface area contributed by atoms with Gasteiger partial charge < -0.3 is 9.73 Å². The van der Waals surface area contributed by atoms with E-state index in [1.54, 1.807) is 18.0 Å². The third kappa shape index (κ3) is 4.03. The second-order valence-corrected chi connectivity index (χ2v) is 5.97. The molecule has 17 heavy (non-hydrogen) atoms. The number of hydrogen-bond acceptors (Lipinski definition) is 4. The molecular weight excluding hydrogens is 232 g/mol. The summed E-state index contributed by atoms with van der Waals surface area (Å²) in [5, 5.41) is 4.45. The third-order valence-corrected chi connectivity index (χ3v) is 4.29. The molecule has 1 N–H and O–H groups in total. The summed E-state index contributed by atoms with van der Waals surface area (Å²) in [4.78, 5) is 4.28.